The van der Waals surface area contributed by atoms with E-state index >= 15 is 0 Å². The molecule has 1 N–H and O–H groups in total. The molecule has 25 heavy (non-hydrogen) atoms. The molecular weight excluding hydrogens is 320 g/mol. The van der Waals surface area contributed by atoms with Gasteiger partial charge in [-0.2, -0.15) is 0 Å². The van der Waals surface area contributed by atoms with Crippen LogP contribution in [0.2, 0.25) is 0 Å². The summed E-state index contributed by atoms with van der Waals surface area (Å²) in [6.45, 7) is 2.52. The van der Waals surface area contributed by atoms with Gasteiger partial charge in [-0.3, -0.25) is 19.3 Å². The fourth-order valence-corrected chi connectivity index (χ4v) is 2.68. The van der Waals surface area contributed by atoms with Crippen LogP contribution in [0.5, 0.6) is 5.75 Å². The number of nitrogens with zero attached hydrogens (tertiary/aromatic N) is 1. The number of benzene rings is 2. The number of hydrogen-bond acceptors (Lipinski definition) is 4. The monoisotopic (exact) mass is 338 g/mol. The van der Waals surface area contributed by atoms with Gasteiger partial charge in [0.05, 0.1) is 17.7 Å². The van der Waals surface area contributed by atoms with Gasteiger partial charge in [0.2, 0.25) is 5.91 Å². The van der Waals surface area contributed by atoms with E-state index in [1.165, 1.54) is 0 Å². The molecule has 6 nitrogen and oxygen atoms in total. The van der Waals surface area contributed by atoms with E-state index in [-0.39, 0.29) is 30.7 Å². The predicted molar refractivity (Wildman–Crippen MR) is 92.7 cm³/mol. The van der Waals surface area contributed by atoms with Crippen LogP contribution in [-0.4, -0.2) is 35.8 Å². The highest BCUT2D eigenvalue weighted by molar-refractivity contribution is 6.21. The summed E-state index contributed by atoms with van der Waals surface area (Å²) < 4.78 is 5.34. The molecule has 0 aromatic heterocycles. The van der Waals surface area contributed by atoms with E-state index in [1.54, 1.807) is 48.5 Å². The standard InChI is InChI=1S/C19H18N2O4/c1-2-25-14-9-7-13(8-10-14)20-17(22)11-12-21-18(23)15-5-3-4-6-16(15)19(21)24/h3-10H,2,11-12H2,1H3,(H,20,22). The molecule has 0 fully saturated rings. The van der Waals surface area contributed by atoms with Crippen molar-refractivity contribution >= 4 is 23.4 Å². The summed E-state index contributed by atoms with van der Waals surface area (Å²) in [4.78, 5) is 37.7. The van der Waals surface area contributed by atoms with Gasteiger partial charge in [0.1, 0.15) is 5.75 Å². The third-order valence-electron chi connectivity index (χ3n) is 3.89. The first-order valence-electron chi connectivity index (χ1n) is 8.08. The lowest BCUT2D eigenvalue weighted by Gasteiger charge is -2.13. The first-order chi connectivity index (χ1) is 12.1. The minimum absolute atomic E-state index is 0.0404. The Kier molecular flexibility index (Phi) is 4.79. The summed E-state index contributed by atoms with van der Waals surface area (Å²) in [7, 11) is 0. The maximum absolute atomic E-state index is 12.2. The minimum Gasteiger partial charge on any atom is -0.494 e. The number of carbonyl (C=O) groups excluding carboxylic acids is 3. The van der Waals surface area contributed by atoms with Crippen LogP contribution >= 0.6 is 0 Å². The average Bonchev–Trinajstić information content (AvgIpc) is 2.86. The van der Waals surface area contributed by atoms with Crippen molar-refractivity contribution in [3.8, 4) is 5.75 Å². The molecule has 2 aromatic rings. The van der Waals surface area contributed by atoms with E-state index in [2.05, 4.69) is 5.32 Å². The number of rotatable bonds is 6. The summed E-state index contributed by atoms with van der Waals surface area (Å²) in [5.74, 6) is -0.240. The van der Waals surface area contributed by atoms with Crippen molar-refractivity contribution < 1.29 is 19.1 Å². The van der Waals surface area contributed by atoms with Crippen molar-refractivity contribution in [2.75, 3.05) is 18.5 Å². The average molecular weight is 338 g/mol. The molecule has 0 saturated heterocycles. The molecular formula is C19H18N2O4. The molecule has 6 heteroatoms. The predicted octanol–water partition coefficient (Wildman–Crippen LogP) is 2.71. The largest absolute Gasteiger partial charge is 0.494 e. The molecule has 2 aromatic carbocycles. The third kappa shape index (κ3) is 3.52. The quantitative estimate of drug-likeness (QED) is 0.822. The van der Waals surface area contributed by atoms with Gasteiger partial charge in [-0.1, -0.05) is 12.1 Å². The van der Waals surface area contributed by atoms with Gasteiger partial charge in [-0.15, -0.1) is 0 Å². The van der Waals surface area contributed by atoms with Gasteiger partial charge in [-0.05, 0) is 43.3 Å². The van der Waals surface area contributed by atoms with Crippen molar-refractivity contribution in [3.05, 3.63) is 59.7 Å². The smallest absolute Gasteiger partial charge is 0.261 e. The Labute approximate surface area is 145 Å². The number of imide groups is 1. The molecule has 3 rings (SSSR count). The first kappa shape index (κ1) is 16.7. The lowest BCUT2D eigenvalue weighted by molar-refractivity contribution is -0.116. The number of anilines is 1. The lowest BCUT2D eigenvalue weighted by Crippen LogP contribution is -2.32. The van der Waals surface area contributed by atoms with Crippen LogP contribution in [0, 0.1) is 0 Å². The molecule has 1 aliphatic heterocycles. The van der Waals surface area contributed by atoms with Crippen LogP contribution < -0.4 is 10.1 Å². The Balaban J connectivity index is 1.56. The molecule has 1 heterocycles. The summed E-state index contributed by atoms with van der Waals surface area (Å²) in [5, 5.41) is 2.74. The van der Waals surface area contributed by atoms with Gasteiger partial charge in [0, 0.05) is 18.7 Å². The molecule has 128 valence electrons. The highest BCUT2D eigenvalue weighted by atomic mass is 16.5. The Bertz CT molecular complexity index is 779. The maximum atomic E-state index is 12.2. The fourth-order valence-electron chi connectivity index (χ4n) is 2.68. The molecule has 0 atom stereocenters. The summed E-state index contributed by atoms with van der Waals surface area (Å²) >= 11 is 0. The SMILES string of the molecule is CCOc1ccc(NC(=O)CCN2C(=O)c3ccccc3C2=O)cc1. The highest BCUT2D eigenvalue weighted by Gasteiger charge is 2.34. The first-order valence-corrected chi connectivity index (χ1v) is 8.08. The molecule has 1 aliphatic rings. The van der Waals surface area contributed by atoms with Crippen LogP contribution in [0.3, 0.4) is 0 Å². The molecule has 0 bridgehead atoms. The topological polar surface area (TPSA) is 75.7 Å². The van der Waals surface area contributed by atoms with Crippen LogP contribution in [0.4, 0.5) is 5.69 Å². The van der Waals surface area contributed by atoms with Gasteiger partial charge in [0.15, 0.2) is 0 Å². The van der Waals surface area contributed by atoms with Gasteiger partial charge in [-0.25, -0.2) is 0 Å². The zero-order chi connectivity index (χ0) is 17.8. The normalized spacial score (nSPS) is 12.9. The van der Waals surface area contributed by atoms with Crippen molar-refractivity contribution in [2.24, 2.45) is 0 Å². The van der Waals surface area contributed by atoms with E-state index < -0.39 is 0 Å². The summed E-state index contributed by atoms with van der Waals surface area (Å²) in [5.41, 5.74) is 1.41. The molecule has 0 unspecified atom stereocenters. The zero-order valence-corrected chi connectivity index (χ0v) is 13.8. The number of nitrogens with one attached hydrogen (secondary N) is 1. The van der Waals surface area contributed by atoms with Crippen LogP contribution in [0.25, 0.3) is 0 Å². The molecule has 0 spiro atoms. The van der Waals surface area contributed by atoms with Gasteiger partial charge >= 0.3 is 0 Å². The number of hydrogen-bond donors (Lipinski definition) is 1. The van der Waals surface area contributed by atoms with E-state index in [1.807, 2.05) is 6.92 Å². The molecule has 0 radical (unpaired) electrons. The number of carbonyl (C=O) groups is 3. The minimum atomic E-state index is -0.352. The van der Waals surface area contributed by atoms with Crippen molar-refractivity contribution in [3.63, 3.8) is 0 Å². The maximum Gasteiger partial charge on any atom is 0.261 e. The third-order valence-corrected chi connectivity index (χ3v) is 3.89. The summed E-state index contributed by atoms with van der Waals surface area (Å²) in [6, 6.07) is 13.7. The van der Waals surface area contributed by atoms with Crippen LogP contribution in [0.15, 0.2) is 48.5 Å². The number of amides is 3. The second kappa shape index (κ2) is 7.17. The van der Waals surface area contributed by atoms with Crippen LogP contribution in [-0.2, 0) is 4.79 Å². The van der Waals surface area contributed by atoms with Gasteiger partial charge in [0.25, 0.3) is 11.8 Å². The van der Waals surface area contributed by atoms with E-state index in [4.69, 9.17) is 4.74 Å². The molecule has 0 saturated carbocycles. The summed E-state index contributed by atoms with van der Waals surface area (Å²) in [6.07, 6.45) is 0.0404. The second-order valence-corrected chi connectivity index (χ2v) is 5.56. The lowest BCUT2D eigenvalue weighted by atomic mass is 10.1. The second-order valence-electron chi connectivity index (χ2n) is 5.56. The van der Waals surface area contributed by atoms with Crippen molar-refractivity contribution in [1.82, 2.24) is 4.90 Å². The van der Waals surface area contributed by atoms with Crippen LogP contribution in [0.1, 0.15) is 34.1 Å². The Morgan fingerprint density at radius 1 is 1.00 bits per heavy atom. The van der Waals surface area contributed by atoms with E-state index in [0.29, 0.717) is 23.4 Å². The van der Waals surface area contributed by atoms with E-state index in [9.17, 15) is 14.4 Å². The van der Waals surface area contributed by atoms with Crippen molar-refractivity contribution in [2.45, 2.75) is 13.3 Å². The highest BCUT2D eigenvalue weighted by Crippen LogP contribution is 2.22. The van der Waals surface area contributed by atoms with Crippen molar-refractivity contribution in [1.29, 1.82) is 0 Å². The fraction of sp³-hybridized carbons (Fsp3) is 0.211. The Hall–Kier alpha value is -3.15. The Morgan fingerprint density at radius 2 is 1.60 bits per heavy atom. The number of ether oxygens (including phenoxy) is 1. The number of fused-ring (bicyclic) bond motifs is 1. The van der Waals surface area contributed by atoms with Gasteiger partial charge < -0.3 is 10.1 Å². The molecule has 0 aliphatic carbocycles. The molecule has 3 amide bonds. The Morgan fingerprint density at radius 3 is 2.16 bits per heavy atom. The zero-order valence-electron chi connectivity index (χ0n) is 13.8. The van der Waals surface area contributed by atoms with E-state index in [0.717, 1.165) is 10.6 Å².